The van der Waals surface area contributed by atoms with Crippen molar-refractivity contribution in [3.63, 3.8) is 0 Å². The van der Waals surface area contributed by atoms with Crippen molar-refractivity contribution in [3.05, 3.63) is 46.2 Å². The number of hydrogen-bond donors (Lipinski definition) is 1. The average molecular weight is 361 g/mol. The monoisotopic (exact) mass is 361 g/mol. The zero-order chi connectivity index (χ0) is 17.8. The third kappa shape index (κ3) is 3.65. The minimum atomic E-state index is -0.693. The molecule has 0 saturated carbocycles. The van der Waals surface area contributed by atoms with E-state index >= 15 is 0 Å². The van der Waals surface area contributed by atoms with E-state index in [-0.39, 0.29) is 12.0 Å². The van der Waals surface area contributed by atoms with Crippen molar-refractivity contribution in [2.75, 3.05) is 27.3 Å². The maximum absolute atomic E-state index is 11.3. The van der Waals surface area contributed by atoms with Gasteiger partial charge in [-0.15, -0.1) is 0 Å². The first kappa shape index (κ1) is 17.8. The Morgan fingerprint density at radius 2 is 1.84 bits per heavy atom. The predicted molar refractivity (Wildman–Crippen MR) is 97.6 cm³/mol. The van der Waals surface area contributed by atoms with Gasteiger partial charge in [0.25, 0.3) is 0 Å². The summed E-state index contributed by atoms with van der Waals surface area (Å²) < 4.78 is 11.2. The van der Waals surface area contributed by atoms with Crippen LogP contribution in [0, 0.1) is 5.92 Å². The Hall–Kier alpha value is -2.05. The van der Waals surface area contributed by atoms with E-state index in [4.69, 9.17) is 9.47 Å². The highest BCUT2D eigenvalue weighted by molar-refractivity contribution is 7.08. The lowest BCUT2D eigenvalue weighted by atomic mass is 9.91. The minimum absolute atomic E-state index is 0.00732. The summed E-state index contributed by atoms with van der Waals surface area (Å²) in [6.45, 7) is 1.47. The molecular formula is C19H23NO4S. The van der Waals surface area contributed by atoms with Crippen LogP contribution in [0.15, 0.2) is 35.0 Å². The van der Waals surface area contributed by atoms with Gasteiger partial charge in [-0.25, -0.2) is 0 Å². The van der Waals surface area contributed by atoms with Gasteiger partial charge in [0.05, 0.1) is 31.7 Å². The summed E-state index contributed by atoms with van der Waals surface area (Å²) in [5, 5.41) is 13.5. The number of ether oxygens (including phenoxy) is 2. The zero-order valence-electron chi connectivity index (χ0n) is 14.5. The molecule has 1 aliphatic rings. The van der Waals surface area contributed by atoms with E-state index in [1.807, 2.05) is 18.2 Å². The molecular weight excluding hydrogens is 338 g/mol. The predicted octanol–water partition coefficient (Wildman–Crippen LogP) is 3.65. The Labute approximate surface area is 151 Å². The van der Waals surface area contributed by atoms with Gasteiger partial charge in [0.15, 0.2) is 0 Å². The van der Waals surface area contributed by atoms with Crippen LogP contribution in [-0.2, 0) is 4.79 Å². The van der Waals surface area contributed by atoms with Crippen LogP contribution in [0.2, 0.25) is 0 Å². The van der Waals surface area contributed by atoms with Crippen molar-refractivity contribution in [1.29, 1.82) is 0 Å². The maximum atomic E-state index is 11.3. The number of carbonyl (C=O) groups is 1. The molecule has 1 aromatic carbocycles. The number of benzene rings is 1. The molecule has 5 nitrogen and oxygen atoms in total. The van der Waals surface area contributed by atoms with E-state index in [1.54, 1.807) is 25.6 Å². The highest BCUT2D eigenvalue weighted by atomic mass is 32.1. The highest BCUT2D eigenvalue weighted by Gasteiger charge is 2.33. The second-order valence-corrected chi connectivity index (χ2v) is 6.96. The first-order valence-corrected chi connectivity index (χ1v) is 9.29. The van der Waals surface area contributed by atoms with Crippen LogP contribution in [0.5, 0.6) is 11.5 Å². The number of thiophene rings is 1. The van der Waals surface area contributed by atoms with Gasteiger partial charge in [0.1, 0.15) is 11.5 Å². The number of aliphatic carboxylic acids is 1. The Morgan fingerprint density at radius 1 is 1.20 bits per heavy atom. The Bertz CT molecular complexity index is 686. The number of carboxylic acids is 1. The first-order chi connectivity index (χ1) is 12.2. The van der Waals surface area contributed by atoms with Gasteiger partial charge in [-0.3, -0.25) is 9.69 Å². The highest BCUT2D eigenvalue weighted by Crippen LogP contribution is 2.42. The molecule has 3 rings (SSSR count). The molecule has 1 aromatic heterocycles. The number of likely N-dealkylation sites (tertiary alicyclic amines) is 1. The molecule has 1 saturated heterocycles. The van der Waals surface area contributed by atoms with Crippen LogP contribution in [-0.4, -0.2) is 43.3 Å². The molecule has 0 spiro atoms. The molecule has 134 valence electrons. The van der Waals surface area contributed by atoms with E-state index in [9.17, 15) is 9.90 Å². The summed E-state index contributed by atoms with van der Waals surface area (Å²) in [5.41, 5.74) is 2.18. The standard InChI is InChI=1S/C19H23NO4S/c1-23-15-4-3-5-16(24-2)17(15)18(14-8-11-25-12-14)20-9-6-13(7-10-20)19(21)22/h3-5,8,11-13,18H,6-7,9-10H2,1-2H3,(H,21,22). The lowest BCUT2D eigenvalue weighted by Crippen LogP contribution is -2.39. The van der Waals surface area contributed by atoms with Crippen molar-refractivity contribution >= 4 is 17.3 Å². The summed E-state index contributed by atoms with van der Waals surface area (Å²) in [6, 6.07) is 7.92. The number of rotatable bonds is 6. The molecule has 0 bridgehead atoms. The smallest absolute Gasteiger partial charge is 0.306 e. The molecule has 0 amide bonds. The van der Waals surface area contributed by atoms with Gasteiger partial charge in [-0.05, 0) is 60.5 Å². The third-order valence-electron chi connectivity index (χ3n) is 4.84. The third-order valence-corrected chi connectivity index (χ3v) is 5.54. The van der Waals surface area contributed by atoms with E-state index in [1.165, 1.54) is 5.56 Å². The molecule has 1 N–H and O–H groups in total. The fraction of sp³-hybridized carbons (Fsp3) is 0.421. The van der Waals surface area contributed by atoms with Crippen LogP contribution < -0.4 is 9.47 Å². The van der Waals surface area contributed by atoms with Crippen molar-refractivity contribution in [3.8, 4) is 11.5 Å². The summed E-state index contributed by atoms with van der Waals surface area (Å²) in [6.07, 6.45) is 1.32. The van der Waals surface area contributed by atoms with Gasteiger partial charge in [-0.1, -0.05) is 6.07 Å². The molecule has 2 heterocycles. The Morgan fingerprint density at radius 3 is 2.32 bits per heavy atom. The number of methoxy groups -OCH3 is 2. The van der Waals surface area contributed by atoms with Crippen LogP contribution in [0.4, 0.5) is 0 Å². The maximum Gasteiger partial charge on any atom is 0.306 e. The van der Waals surface area contributed by atoms with Crippen molar-refractivity contribution in [2.45, 2.75) is 18.9 Å². The van der Waals surface area contributed by atoms with Crippen molar-refractivity contribution in [1.82, 2.24) is 4.90 Å². The second-order valence-electron chi connectivity index (χ2n) is 6.18. The first-order valence-electron chi connectivity index (χ1n) is 8.35. The molecule has 1 aliphatic heterocycles. The number of nitrogens with zero attached hydrogens (tertiary/aromatic N) is 1. The molecule has 0 aliphatic carbocycles. The van der Waals surface area contributed by atoms with Crippen LogP contribution in [0.3, 0.4) is 0 Å². The van der Waals surface area contributed by atoms with Gasteiger partial charge in [0.2, 0.25) is 0 Å². The molecule has 1 fully saturated rings. The lowest BCUT2D eigenvalue weighted by Gasteiger charge is -2.37. The Kier molecular flexibility index (Phi) is 5.60. The summed E-state index contributed by atoms with van der Waals surface area (Å²) >= 11 is 1.66. The fourth-order valence-corrected chi connectivity index (χ4v) is 4.22. The lowest BCUT2D eigenvalue weighted by molar-refractivity contribution is -0.143. The average Bonchev–Trinajstić information content (AvgIpc) is 3.16. The zero-order valence-corrected chi connectivity index (χ0v) is 15.3. The topological polar surface area (TPSA) is 59.0 Å². The van der Waals surface area contributed by atoms with Gasteiger partial charge >= 0.3 is 5.97 Å². The van der Waals surface area contributed by atoms with Gasteiger partial charge < -0.3 is 14.6 Å². The van der Waals surface area contributed by atoms with E-state index in [0.29, 0.717) is 12.8 Å². The summed E-state index contributed by atoms with van der Waals surface area (Å²) in [5.74, 6) is 0.632. The van der Waals surface area contributed by atoms with E-state index in [2.05, 4.69) is 21.7 Å². The number of carboxylic acid groups (broad SMARTS) is 1. The molecule has 1 unspecified atom stereocenters. The SMILES string of the molecule is COc1cccc(OC)c1C(c1ccsc1)N1CCC(C(=O)O)CC1. The largest absolute Gasteiger partial charge is 0.496 e. The number of piperidine rings is 1. The Balaban J connectivity index is 1.99. The van der Waals surface area contributed by atoms with Crippen LogP contribution in [0.1, 0.15) is 30.0 Å². The minimum Gasteiger partial charge on any atom is -0.496 e. The molecule has 1 atom stereocenters. The van der Waals surface area contributed by atoms with Crippen molar-refractivity contribution < 1.29 is 19.4 Å². The van der Waals surface area contributed by atoms with E-state index in [0.717, 1.165) is 30.2 Å². The summed E-state index contributed by atoms with van der Waals surface area (Å²) in [4.78, 5) is 13.6. The second kappa shape index (κ2) is 7.89. The normalized spacial score (nSPS) is 17.2. The van der Waals surface area contributed by atoms with Crippen molar-refractivity contribution in [2.24, 2.45) is 5.92 Å². The molecule has 2 aromatic rings. The van der Waals surface area contributed by atoms with Gasteiger partial charge in [-0.2, -0.15) is 11.3 Å². The quantitative estimate of drug-likeness (QED) is 0.851. The summed E-state index contributed by atoms with van der Waals surface area (Å²) in [7, 11) is 3.33. The molecule has 6 heteroatoms. The van der Waals surface area contributed by atoms with Crippen LogP contribution in [0.25, 0.3) is 0 Å². The van der Waals surface area contributed by atoms with Crippen LogP contribution >= 0.6 is 11.3 Å². The number of hydrogen-bond acceptors (Lipinski definition) is 5. The molecule has 25 heavy (non-hydrogen) atoms. The fourth-order valence-electron chi connectivity index (χ4n) is 3.54. The van der Waals surface area contributed by atoms with E-state index < -0.39 is 5.97 Å². The molecule has 0 radical (unpaired) electrons. The van der Waals surface area contributed by atoms with Gasteiger partial charge in [0, 0.05) is 0 Å².